The molecule has 0 bridgehead atoms. The van der Waals surface area contributed by atoms with E-state index in [9.17, 15) is 13.6 Å². The number of rotatable bonds is 4. The van der Waals surface area contributed by atoms with Gasteiger partial charge in [-0.05, 0) is 18.6 Å². The van der Waals surface area contributed by atoms with Crippen LogP contribution in [0.25, 0.3) is 0 Å². The van der Waals surface area contributed by atoms with Gasteiger partial charge in [0.05, 0.1) is 0 Å². The van der Waals surface area contributed by atoms with Gasteiger partial charge in [0, 0.05) is 42.9 Å². The minimum absolute atomic E-state index is 0. The number of benzene rings is 1. The van der Waals surface area contributed by atoms with Gasteiger partial charge < -0.3 is 10.6 Å². The van der Waals surface area contributed by atoms with Crippen molar-refractivity contribution in [3.05, 3.63) is 52.3 Å². The summed E-state index contributed by atoms with van der Waals surface area (Å²) in [6.07, 6.45) is 0.894. The third kappa shape index (κ3) is 3.68. The molecule has 0 saturated carbocycles. The maximum atomic E-state index is 13.5. The number of aromatic nitrogens is 2. The lowest BCUT2D eigenvalue weighted by molar-refractivity contribution is 0.0947. The number of hydrogen-bond donors (Lipinski definition) is 3. The highest BCUT2D eigenvalue weighted by Crippen LogP contribution is 2.15. The number of hydrogen-bond acceptors (Lipinski definition) is 3. The quantitative estimate of drug-likeness (QED) is 0.792. The zero-order chi connectivity index (χ0) is 15.5. The Bertz CT molecular complexity index is 685. The first-order valence-electron chi connectivity index (χ1n) is 7.14. The summed E-state index contributed by atoms with van der Waals surface area (Å²) >= 11 is 0. The van der Waals surface area contributed by atoms with E-state index >= 15 is 0 Å². The summed E-state index contributed by atoms with van der Waals surface area (Å²) in [7, 11) is 0. The van der Waals surface area contributed by atoms with Crippen LogP contribution in [0.15, 0.2) is 18.2 Å². The van der Waals surface area contributed by atoms with Gasteiger partial charge in [0.1, 0.15) is 11.6 Å². The predicted molar refractivity (Wildman–Crippen MR) is 83.6 cm³/mol. The van der Waals surface area contributed by atoms with Crippen molar-refractivity contribution in [3.63, 3.8) is 0 Å². The molecule has 3 N–H and O–H groups in total. The van der Waals surface area contributed by atoms with E-state index in [1.54, 1.807) is 0 Å². The van der Waals surface area contributed by atoms with Gasteiger partial charge in [-0.25, -0.2) is 8.78 Å². The first-order valence-corrected chi connectivity index (χ1v) is 7.14. The molecule has 0 aliphatic carbocycles. The number of carbonyl (C=O) groups excluding carboxylic acids is 1. The Balaban J connectivity index is 0.00000192. The molecule has 0 fully saturated rings. The lowest BCUT2D eigenvalue weighted by Crippen LogP contribution is -2.29. The van der Waals surface area contributed by atoms with Crippen LogP contribution in [0.4, 0.5) is 8.78 Å². The normalized spacial score (nSPS) is 13.1. The van der Waals surface area contributed by atoms with Crippen LogP contribution in [0.2, 0.25) is 0 Å². The second kappa shape index (κ2) is 7.52. The molecule has 1 aromatic carbocycles. The van der Waals surface area contributed by atoms with Crippen molar-refractivity contribution in [2.24, 2.45) is 0 Å². The molecule has 3 rings (SSSR count). The smallest absolute Gasteiger partial charge is 0.272 e. The van der Waals surface area contributed by atoms with Crippen LogP contribution < -0.4 is 10.6 Å². The van der Waals surface area contributed by atoms with Crippen LogP contribution in [-0.4, -0.2) is 29.2 Å². The van der Waals surface area contributed by atoms with Crippen molar-refractivity contribution in [1.29, 1.82) is 0 Å². The summed E-state index contributed by atoms with van der Waals surface area (Å²) in [5.41, 5.74) is 2.15. The summed E-state index contributed by atoms with van der Waals surface area (Å²) in [6.45, 7) is 1.59. The topological polar surface area (TPSA) is 69.8 Å². The average Bonchev–Trinajstić information content (AvgIpc) is 2.94. The molecule has 124 valence electrons. The van der Waals surface area contributed by atoms with Crippen molar-refractivity contribution < 1.29 is 13.6 Å². The number of aromatic amines is 1. The standard InChI is InChI=1S/C15H16F2N4O.ClH/c16-11-2-1-3-12(17)9(11)4-7-19-15(22)14-10-8-18-6-5-13(10)20-21-14;/h1-3,18H,4-8H2,(H,19,22)(H,20,21);1H. The number of nitrogens with one attached hydrogen (secondary N) is 3. The zero-order valence-electron chi connectivity index (χ0n) is 12.3. The van der Waals surface area contributed by atoms with E-state index in [4.69, 9.17) is 0 Å². The van der Waals surface area contributed by atoms with Gasteiger partial charge in [0.25, 0.3) is 5.91 Å². The first-order chi connectivity index (χ1) is 10.7. The SMILES string of the molecule is Cl.O=C(NCCc1c(F)cccc1F)c1n[nH]c2c1CNCC2. The monoisotopic (exact) mass is 342 g/mol. The maximum Gasteiger partial charge on any atom is 0.272 e. The van der Waals surface area contributed by atoms with Crippen LogP contribution in [0.3, 0.4) is 0 Å². The molecule has 0 unspecified atom stereocenters. The van der Waals surface area contributed by atoms with E-state index in [-0.39, 0.29) is 36.8 Å². The molecule has 23 heavy (non-hydrogen) atoms. The Hall–Kier alpha value is -1.99. The highest BCUT2D eigenvalue weighted by atomic mass is 35.5. The molecule has 2 heterocycles. The second-order valence-corrected chi connectivity index (χ2v) is 5.16. The summed E-state index contributed by atoms with van der Waals surface area (Å²) in [5.74, 6) is -1.54. The van der Waals surface area contributed by atoms with E-state index in [0.29, 0.717) is 12.2 Å². The molecule has 0 saturated heterocycles. The lowest BCUT2D eigenvalue weighted by atomic mass is 10.1. The van der Waals surface area contributed by atoms with E-state index in [0.717, 1.165) is 24.2 Å². The fourth-order valence-electron chi connectivity index (χ4n) is 2.57. The van der Waals surface area contributed by atoms with Crippen molar-refractivity contribution in [2.75, 3.05) is 13.1 Å². The van der Waals surface area contributed by atoms with Crippen molar-refractivity contribution in [1.82, 2.24) is 20.8 Å². The third-order valence-corrected chi connectivity index (χ3v) is 3.74. The van der Waals surface area contributed by atoms with E-state index in [1.807, 2.05) is 0 Å². The van der Waals surface area contributed by atoms with Gasteiger partial charge in [0.15, 0.2) is 5.69 Å². The van der Waals surface area contributed by atoms with Gasteiger partial charge in [-0.2, -0.15) is 5.10 Å². The number of carbonyl (C=O) groups is 1. The van der Waals surface area contributed by atoms with Crippen molar-refractivity contribution >= 4 is 18.3 Å². The minimum Gasteiger partial charge on any atom is -0.350 e. The zero-order valence-corrected chi connectivity index (χ0v) is 13.1. The Morgan fingerprint density at radius 3 is 2.78 bits per heavy atom. The summed E-state index contributed by atoms with van der Waals surface area (Å²) in [5, 5.41) is 12.7. The van der Waals surface area contributed by atoms with Crippen LogP contribution in [0, 0.1) is 11.6 Å². The van der Waals surface area contributed by atoms with Crippen molar-refractivity contribution in [2.45, 2.75) is 19.4 Å². The molecule has 1 amide bonds. The molecule has 1 aromatic heterocycles. The first kappa shape index (κ1) is 17.4. The van der Waals surface area contributed by atoms with Crippen LogP contribution in [0.1, 0.15) is 27.3 Å². The Morgan fingerprint density at radius 1 is 1.30 bits per heavy atom. The Labute approximate surface area is 138 Å². The third-order valence-electron chi connectivity index (χ3n) is 3.74. The largest absolute Gasteiger partial charge is 0.350 e. The number of fused-ring (bicyclic) bond motifs is 1. The highest BCUT2D eigenvalue weighted by Gasteiger charge is 2.21. The molecule has 0 atom stereocenters. The van der Waals surface area contributed by atoms with Gasteiger partial charge in [-0.15, -0.1) is 12.4 Å². The number of H-pyrrole nitrogens is 1. The highest BCUT2D eigenvalue weighted by molar-refractivity contribution is 5.94. The predicted octanol–water partition coefficient (Wildman–Crippen LogP) is 1.73. The molecule has 5 nitrogen and oxygen atoms in total. The summed E-state index contributed by atoms with van der Waals surface area (Å²) in [6, 6.07) is 3.72. The summed E-state index contributed by atoms with van der Waals surface area (Å²) in [4.78, 5) is 12.1. The maximum absolute atomic E-state index is 13.5. The lowest BCUT2D eigenvalue weighted by Gasteiger charge is -2.13. The molecular formula is C15H17ClF2N4O. The number of halogens is 3. The molecular weight excluding hydrogens is 326 g/mol. The van der Waals surface area contributed by atoms with Crippen LogP contribution in [0.5, 0.6) is 0 Å². The van der Waals surface area contributed by atoms with Gasteiger partial charge in [-0.3, -0.25) is 9.89 Å². The van der Waals surface area contributed by atoms with Crippen LogP contribution in [-0.2, 0) is 19.4 Å². The Kier molecular flexibility index (Phi) is 5.68. The van der Waals surface area contributed by atoms with Gasteiger partial charge in [0.2, 0.25) is 0 Å². The van der Waals surface area contributed by atoms with E-state index in [1.165, 1.54) is 18.2 Å². The Morgan fingerprint density at radius 2 is 2.04 bits per heavy atom. The molecule has 2 aromatic rings. The molecule has 1 aliphatic rings. The fourth-order valence-corrected chi connectivity index (χ4v) is 2.57. The molecule has 0 spiro atoms. The molecule has 1 aliphatic heterocycles. The summed E-state index contributed by atoms with van der Waals surface area (Å²) < 4.78 is 27.0. The number of nitrogens with zero attached hydrogens (tertiary/aromatic N) is 1. The minimum atomic E-state index is -0.601. The fraction of sp³-hybridized carbons (Fsp3) is 0.333. The van der Waals surface area contributed by atoms with E-state index in [2.05, 4.69) is 20.8 Å². The average molecular weight is 343 g/mol. The number of amides is 1. The van der Waals surface area contributed by atoms with Crippen molar-refractivity contribution in [3.8, 4) is 0 Å². The second-order valence-electron chi connectivity index (χ2n) is 5.16. The van der Waals surface area contributed by atoms with Crippen LogP contribution >= 0.6 is 12.4 Å². The van der Waals surface area contributed by atoms with Gasteiger partial charge in [-0.1, -0.05) is 6.07 Å². The molecule has 0 radical (unpaired) electrons. The molecule has 8 heteroatoms. The van der Waals surface area contributed by atoms with Gasteiger partial charge >= 0.3 is 0 Å². The van der Waals surface area contributed by atoms with E-state index < -0.39 is 11.6 Å².